The first-order valence-electron chi connectivity index (χ1n) is 7.13. The molecule has 2 N–H and O–H groups in total. The smallest absolute Gasteiger partial charge is 0.335 e. The summed E-state index contributed by atoms with van der Waals surface area (Å²) in [5.74, 6) is 5.22. The third kappa shape index (κ3) is 3.55. The molecule has 0 saturated heterocycles. The Morgan fingerprint density at radius 1 is 1.05 bits per heavy atom. The number of aliphatic hydroxyl groups excluding tert-OH is 1. The molecule has 0 amide bonds. The molecule has 0 unspecified atom stereocenters. The maximum atomic E-state index is 11.1. The summed E-state index contributed by atoms with van der Waals surface area (Å²) in [6.45, 7) is 3.89. The van der Waals surface area contributed by atoms with Crippen molar-refractivity contribution in [3.05, 3.63) is 69.8 Å². The van der Waals surface area contributed by atoms with Crippen molar-refractivity contribution in [1.82, 2.24) is 0 Å². The molecule has 0 aliphatic carbocycles. The number of hydrogen-bond donors (Lipinski definition) is 2. The van der Waals surface area contributed by atoms with Gasteiger partial charge in [-0.2, -0.15) is 0 Å². The topological polar surface area (TPSA) is 57.5 Å². The molecular formula is C19H18O3. The SMILES string of the molecule is CCc1cc(C#Cc2ccc(CO)c(C)c2)ccc1C(=O)O. The zero-order chi connectivity index (χ0) is 16.1. The predicted molar refractivity (Wildman–Crippen MR) is 85.9 cm³/mol. The number of rotatable bonds is 3. The van der Waals surface area contributed by atoms with E-state index in [1.165, 1.54) is 0 Å². The molecule has 0 atom stereocenters. The minimum absolute atomic E-state index is 0.0239. The number of carboxylic acids is 1. The fourth-order valence-corrected chi connectivity index (χ4v) is 2.27. The second-order valence-corrected chi connectivity index (χ2v) is 5.08. The Morgan fingerprint density at radius 3 is 2.23 bits per heavy atom. The molecule has 2 aromatic rings. The molecule has 3 nitrogen and oxygen atoms in total. The highest BCUT2D eigenvalue weighted by molar-refractivity contribution is 5.89. The summed E-state index contributed by atoms with van der Waals surface area (Å²) in [6, 6.07) is 10.8. The highest BCUT2D eigenvalue weighted by atomic mass is 16.4. The van der Waals surface area contributed by atoms with Crippen molar-refractivity contribution in [1.29, 1.82) is 0 Å². The van der Waals surface area contributed by atoms with E-state index in [0.717, 1.165) is 27.8 Å². The Hall–Kier alpha value is -2.57. The van der Waals surface area contributed by atoms with Gasteiger partial charge in [-0.15, -0.1) is 0 Å². The largest absolute Gasteiger partial charge is 0.478 e. The fraction of sp³-hybridized carbons (Fsp3) is 0.211. The predicted octanol–water partition coefficient (Wildman–Crippen LogP) is 3.15. The summed E-state index contributed by atoms with van der Waals surface area (Å²) >= 11 is 0. The summed E-state index contributed by atoms with van der Waals surface area (Å²) in [5.41, 5.74) is 4.68. The van der Waals surface area contributed by atoms with Crippen molar-refractivity contribution in [3.63, 3.8) is 0 Å². The van der Waals surface area contributed by atoms with E-state index in [1.54, 1.807) is 12.1 Å². The van der Waals surface area contributed by atoms with Gasteiger partial charge in [0.1, 0.15) is 0 Å². The van der Waals surface area contributed by atoms with E-state index in [2.05, 4.69) is 11.8 Å². The second kappa shape index (κ2) is 6.93. The number of carbonyl (C=O) groups is 1. The molecule has 0 saturated carbocycles. The third-order valence-electron chi connectivity index (χ3n) is 3.58. The first-order valence-corrected chi connectivity index (χ1v) is 7.13. The lowest BCUT2D eigenvalue weighted by Crippen LogP contribution is -2.01. The van der Waals surface area contributed by atoms with E-state index in [9.17, 15) is 4.79 Å². The van der Waals surface area contributed by atoms with Crippen LogP contribution >= 0.6 is 0 Å². The van der Waals surface area contributed by atoms with Crippen molar-refractivity contribution >= 4 is 5.97 Å². The first kappa shape index (κ1) is 15.8. The summed E-state index contributed by atoms with van der Waals surface area (Å²) in [7, 11) is 0. The van der Waals surface area contributed by atoms with Crippen molar-refractivity contribution in [3.8, 4) is 11.8 Å². The molecule has 0 radical (unpaired) electrons. The van der Waals surface area contributed by atoms with Gasteiger partial charge in [0.2, 0.25) is 0 Å². The van der Waals surface area contributed by atoms with Gasteiger partial charge in [0.15, 0.2) is 0 Å². The zero-order valence-corrected chi connectivity index (χ0v) is 12.7. The summed E-state index contributed by atoms with van der Waals surface area (Å²) in [6.07, 6.45) is 0.654. The Kier molecular flexibility index (Phi) is 4.98. The molecule has 3 heteroatoms. The van der Waals surface area contributed by atoms with Gasteiger partial charge >= 0.3 is 5.97 Å². The van der Waals surface area contributed by atoms with Crippen LogP contribution < -0.4 is 0 Å². The van der Waals surface area contributed by atoms with Crippen LogP contribution in [0, 0.1) is 18.8 Å². The molecule has 0 aliphatic rings. The van der Waals surface area contributed by atoms with Crippen LogP contribution in [0.5, 0.6) is 0 Å². The Labute approximate surface area is 130 Å². The average Bonchev–Trinajstić information content (AvgIpc) is 2.52. The Bertz CT molecular complexity index is 764. The fourth-order valence-electron chi connectivity index (χ4n) is 2.27. The van der Waals surface area contributed by atoms with Gasteiger partial charge in [-0.1, -0.05) is 24.8 Å². The zero-order valence-electron chi connectivity index (χ0n) is 12.7. The van der Waals surface area contributed by atoms with Crippen LogP contribution in [-0.2, 0) is 13.0 Å². The highest BCUT2D eigenvalue weighted by Gasteiger charge is 2.08. The molecule has 22 heavy (non-hydrogen) atoms. The van der Waals surface area contributed by atoms with Crippen molar-refractivity contribution < 1.29 is 15.0 Å². The molecule has 2 rings (SSSR count). The van der Waals surface area contributed by atoms with Gasteiger partial charge in [0.05, 0.1) is 12.2 Å². The number of benzene rings is 2. The normalized spacial score (nSPS) is 9.95. The number of hydrogen-bond acceptors (Lipinski definition) is 2. The molecular weight excluding hydrogens is 276 g/mol. The third-order valence-corrected chi connectivity index (χ3v) is 3.58. The molecule has 0 fully saturated rings. The van der Waals surface area contributed by atoms with Crippen LogP contribution in [0.3, 0.4) is 0 Å². The second-order valence-electron chi connectivity index (χ2n) is 5.08. The lowest BCUT2D eigenvalue weighted by molar-refractivity contribution is 0.0695. The molecule has 0 heterocycles. The molecule has 0 aromatic heterocycles. The monoisotopic (exact) mass is 294 g/mol. The minimum atomic E-state index is -0.911. The maximum Gasteiger partial charge on any atom is 0.335 e. The Balaban J connectivity index is 2.32. The maximum absolute atomic E-state index is 11.1. The van der Waals surface area contributed by atoms with Crippen LogP contribution in [0.2, 0.25) is 0 Å². The van der Waals surface area contributed by atoms with Gasteiger partial charge in [0.25, 0.3) is 0 Å². The number of aryl methyl sites for hydroxylation is 2. The van der Waals surface area contributed by atoms with E-state index in [4.69, 9.17) is 10.2 Å². The standard InChI is InChI=1S/C19H18O3/c1-3-16-11-15(7-9-18(16)19(21)22)5-4-14-6-8-17(12-20)13(2)10-14/h6-11,20H,3,12H2,1-2H3,(H,21,22). The van der Waals surface area contributed by atoms with E-state index in [-0.39, 0.29) is 6.61 Å². The lowest BCUT2D eigenvalue weighted by Gasteiger charge is -2.04. The van der Waals surface area contributed by atoms with Crippen LogP contribution in [0.15, 0.2) is 36.4 Å². The van der Waals surface area contributed by atoms with Gasteiger partial charge in [-0.25, -0.2) is 4.79 Å². The highest BCUT2D eigenvalue weighted by Crippen LogP contribution is 2.14. The molecule has 0 bridgehead atoms. The van der Waals surface area contributed by atoms with Crippen LogP contribution in [0.25, 0.3) is 0 Å². The number of aliphatic hydroxyl groups is 1. The lowest BCUT2D eigenvalue weighted by atomic mass is 10.0. The van der Waals surface area contributed by atoms with Crippen LogP contribution in [0.4, 0.5) is 0 Å². The van der Waals surface area contributed by atoms with Gasteiger partial charge in [-0.3, -0.25) is 0 Å². The van der Waals surface area contributed by atoms with Crippen LogP contribution in [-0.4, -0.2) is 16.2 Å². The van der Waals surface area contributed by atoms with E-state index >= 15 is 0 Å². The van der Waals surface area contributed by atoms with Gasteiger partial charge in [0, 0.05) is 11.1 Å². The van der Waals surface area contributed by atoms with Crippen molar-refractivity contribution in [2.75, 3.05) is 0 Å². The summed E-state index contributed by atoms with van der Waals surface area (Å²) in [4.78, 5) is 11.1. The first-order chi connectivity index (χ1) is 10.5. The van der Waals surface area contributed by atoms with E-state index < -0.39 is 5.97 Å². The summed E-state index contributed by atoms with van der Waals surface area (Å²) in [5, 5.41) is 18.3. The minimum Gasteiger partial charge on any atom is -0.478 e. The molecule has 0 spiro atoms. The average molecular weight is 294 g/mol. The van der Waals surface area contributed by atoms with Crippen LogP contribution in [0.1, 0.15) is 45.1 Å². The Morgan fingerprint density at radius 2 is 1.68 bits per heavy atom. The van der Waals surface area contributed by atoms with E-state index in [1.807, 2.05) is 38.1 Å². The quantitative estimate of drug-likeness (QED) is 0.855. The summed E-state index contributed by atoms with van der Waals surface area (Å²) < 4.78 is 0. The number of aromatic carboxylic acids is 1. The van der Waals surface area contributed by atoms with Gasteiger partial charge < -0.3 is 10.2 Å². The molecule has 2 aromatic carbocycles. The van der Waals surface area contributed by atoms with Crippen molar-refractivity contribution in [2.45, 2.75) is 26.9 Å². The molecule has 0 aliphatic heterocycles. The van der Waals surface area contributed by atoms with E-state index in [0.29, 0.717) is 12.0 Å². The number of carboxylic acid groups (broad SMARTS) is 1. The molecule has 112 valence electrons. The van der Waals surface area contributed by atoms with Crippen molar-refractivity contribution in [2.24, 2.45) is 0 Å². The van der Waals surface area contributed by atoms with Gasteiger partial charge in [-0.05, 0) is 60.4 Å².